The summed E-state index contributed by atoms with van der Waals surface area (Å²) in [4.78, 5) is 23.7. The van der Waals surface area contributed by atoms with Gasteiger partial charge in [0, 0.05) is 29.7 Å². The Bertz CT molecular complexity index is 823. The first-order chi connectivity index (χ1) is 11.6. The molecule has 0 aliphatic rings. The molecule has 0 atom stereocenters. The van der Waals surface area contributed by atoms with E-state index in [0.29, 0.717) is 18.1 Å². The topological polar surface area (TPSA) is 82.7 Å². The summed E-state index contributed by atoms with van der Waals surface area (Å²) < 4.78 is 0. The number of hydrogen-bond acceptors (Lipinski definition) is 4. The molecule has 6 nitrogen and oxygen atoms in total. The highest BCUT2D eigenvalue weighted by atomic mass is 16.1. The van der Waals surface area contributed by atoms with Crippen LogP contribution in [0.3, 0.4) is 0 Å². The SMILES string of the molecule is CC(C)Nc1cnc(C(=O)NCCc2c[nH]c3ccccc23)cn1. The van der Waals surface area contributed by atoms with Gasteiger partial charge >= 0.3 is 0 Å². The third-order valence-electron chi connectivity index (χ3n) is 3.68. The Morgan fingerprint density at radius 1 is 1.21 bits per heavy atom. The third kappa shape index (κ3) is 3.71. The summed E-state index contributed by atoms with van der Waals surface area (Å²) in [6.45, 7) is 4.59. The number of fused-ring (bicyclic) bond motifs is 1. The zero-order chi connectivity index (χ0) is 16.9. The number of nitrogens with zero attached hydrogens (tertiary/aromatic N) is 2. The van der Waals surface area contributed by atoms with Crippen LogP contribution in [-0.2, 0) is 6.42 Å². The molecule has 6 heteroatoms. The maximum absolute atomic E-state index is 12.1. The molecule has 24 heavy (non-hydrogen) atoms. The molecule has 0 aliphatic heterocycles. The van der Waals surface area contributed by atoms with Crippen LogP contribution in [0.4, 0.5) is 5.82 Å². The van der Waals surface area contributed by atoms with E-state index >= 15 is 0 Å². The van der Waals surface area contributed by atoms with Crippen molar-refractivity contribution in [2.75, 3.05) is 11.9 Å². The Morgan fingerprint density at radius 2 is 2.04 bits per heavy atom. The van der Waals surface area contributed by atoms with Crippen LogP contribution in [0.2, 0.25) is 0 Å². The smallest absolute Gasteiger partial charge is 0.271 e. The molecule has 2 aromatic heterocycles. The molecule has 0 unspecified atom stereocenters. The number of aromatic nitrogens is 3. The lowest BCUT2D eigenvalue weighted by molar-refractivity contribution is 0.0949. The maximum atomic E-state index is 12.1. The fourth-order valence-corrected chi connectivity index (χ4v) is 2.56. The van der Waals surface area contributed by atoms with Gasteiger partial charge in [0.2, 0.25) is 0 Å². The Kier molecular flexibility index (Phi) is 4.74. The number of nitrogens with one attached hydrogen (secondary N) is 3. The van der Waals surface area contributed by atoms with Gasteiger partial charge in [-0.1, -0.05) is 18.2 Å². The molecular formula is C18H21N5O. The van der Waals surface area contributed by atoms with Crippen molar-refractivity contribution in [3.8, 4) is 0 Å². The lowest BCUT2D eigenvalue weighted by atomic mass is 10.1. The van der Waals surface area contributed by atoms with Crippen LogP contribution in [0, 0.1) is 0 Å². The van der Waals surface area contributed by atoms with E-state index in [1.807, 2.05) is 38.2 Å². The van der Waals surface area contributed by atoms with Gasteiger partial charge in [0.1, 0.15) is 11.5 Å². The number of carbonyl (C=O) groups is 1. The first kappa shape index (κ1) is 16.0. The minimum atomic E-state index is -0.210. The van der Waals surface area contributed by atoms with Crippen molar-refractivity contribution in [3.05, 3.63) is 54.1 Å². The number of amides is 1. The number of benzene rings is 1. The van der Waals surface area contributed by atoms with Crippen LogP contribution in [0.15, 0.2) is 42.9 Å². The molecule has 1 amide bonds. The standard InChI is InChI=1S/C18H21N5O/c1-12(2)23-17-11-21-16(10-22-17)18(24)19-8-7-13-9-20-15-6-4-3-5-14(13)15/h3-6,9-12,20H,7-8H2,1-2H3,(H,19,24)(H,22,23). The number of aromatic amines is 1. The number of para-hydroxylation sites is 1. The van der Waals surface area contributed by atoms with Gasteiger partial charge in [-0.15, -0.1) is 0 Å². The van der Waals surface area contributed by atoms with Crippen molar-refractivity contribution in [2.24, 2.45) is 0 Å². The summed E-state index contributed by atoms with van der Waals surface area (Å²) in [5.74, 6) is 0.457. The molecule has 3 N–H and O–H groups in total. The summed E-state index contributed by atoms with van der Waals surface area (Å²) in [6.07, 6.45) is 5.82. The van der Waals surface area contributed by atoms with Crippen LogP contribution < -0.4 is 10.6 Å². The zero-order valence-electron chi connectivity index (χ0n) is 13.8. The molecule has 0 saturated heterocycles. The lowest BCUT2D eigenvalue weighted by Gasteiger charge is -2.09. The van der Waals surface area contributed by atoms with Gasteiger partial charge in [-0.2, -0.15) is 0 Å². The quantitative estimate of drug-likeness (QED) is 0.651. The summed E-state index contributed by atoms with van der Waals surface area (Å²) in [5.41, 5.74) is 2.62. The largest absolute Gasteiger partial charge is 0.367 e. The van der Waals surface area contributed by atoms with Crippen LogP contribution >= 0.6 is 0 Å². The van der Waals surface area contributed by atoms with Crippen LogP contribution in [0.1, 0.15) is 29.9 Å². The van der Waals surface area contributed by atoms with Gasteiger partial charge in [0.25, 0.3) is 5.91 Å². The van der Waals surface area contributed by atoms with Crippen LogP contribution in [0.25, 0.3) is 10.9 Å². The molecule has 0 fully saturated rings. The Hall–Kier alpha value is -2.89. The van der Waals surface area contributed by atoms with Crippen LogP contribution in [0.5, 0.6) is 0 Å². The molecule has 124 valence electrons. The van der Waals surface area contributed by atoms with Gasteiger partial charge in [-0.25, -0.2) is 9.97 Å². The van der Waals surface area contributed by atoms with E-state index in [4.69, 9.17) is 0 Å². The van der Waals surface area contributed by atoms with Gasteiger partial charge in [0.15, 0.2) is 0 Å². The average molecular weight is 323 g/mol. The fourth-order valence-electron chi connectivity index (χ4n) is 2.56. The average Bonchev–Trinajstić information content (AvgIpc) is 2.98. The second-order valence-electron chi connectivity index (χ2n) is 5.95. The normalized spacial score (nSPS) is 11.0. The second-order valence-corrected chi connectivity index (χ2v) is 5.95. The predicted molar refractivity (Wildman–Crippen MR) is 95.1 cm³/mol. The van der Waals surface area contributed by atoms with Crippen molar-refractivity contribution in [1.82, 2.24) is 20.3 Å². The number of hydrogen-bond donors (Lipinski definition) is 3. The summed E-state index contributed by atoms with van der Waals surface area (Å²) in [7, 11) is 0. The van der Waals surface area contributed by atoms with Crippen molar-refractivity contribution in [1.29, 1.82) is 0 Å². The fraction of sp³-hybridized carbons (Fsp3) is 0.278. The molecule has 1 aromatic carbocycles. The Labute approximate surface area is 140 Å². The number of rotatable bonds is 6. The van der Waals surface area contributed by atoms with Gasteiger partial charge in [-0.05, 0) is 31.9 Å². The number of H-pyrrole nitrogens is 1. The van der Waals surface area contributed by atoms with Crippen molar-refractivity contribution in [3.63, 3.8) is 0 Å². The zero-order valence-corrected chi connectivity index (χ0v) is 13.8. The van der Waals surface area contributed by atoms with E-state index < -0.39 is 0 Å². The molecule has 0 spiro atoms. The van der Waals surface area contributed by atoms with E-state index in [-0.39, 0.29) is 11.9 Å². The van der Waals surface area contributed by atoms with Gasteiger partial charge in [0.05, 0.1) is 12.4 Å². The molecule has 2 heterocycles. The summed E-state index contributed by atoms with van der Waals surface area (Å²) >= 11 is 0. The van der Waals surface area contributed by atoms with E-state index in [9.17, 15) is 4.79 Å². The second kappa shape index (κ2) is 7.12. The van der Waals surface area contributed by atoms with Crippen LogP contribution in [-0.4, -0.2) is 33.4 Å². The van der Waals surface area contributed by atoms with E-state index in [1.54, 1.807) is 6.20 Å². The molecule has 3 aromatic rings. The van der Waals surface area contributed by atoms with E-state index in [2.05, 4.69) is 31.7 Å². The summed E-state index contributed by atoms with van der Waals surface area (Å²) in [5, 5.41) is 7.22. The highest BCUT2D eigenvalue weighted by Crippen LogP contribution is 2.17. The van der Waals surface area contributed by atoms with Crippen molar-refractivity contribution < 1.29 is 4.79 Å². The molecule has 0 bridgehead atoms. The highest BCUT2D eigenvalue weighted by Gasteiger charge is 2.09. The Balaban J connectivity index is 1.55. The molecular weight excluding hydrogens is 302 g/mol. The summed E-state index contributed by atoms with van der Waals surface area (Å²) in [6, 6.07) is 8.41. The predicted octanol–water partition coefficient (Wildman–Crippen LogP) is 2.75. The first-order valence-electron chi connectivity index (χ1n) is 8.05. The highest BCUT2D eigenvalue weighted by molar-refractivity contribution is 5.92. The van der Waals surface area contributed by atoms with Gasteiger partial charge in [-0.3, -0.25) is 4.79 Å². The molecule has 3 rings (SSSR count). The van der Waals surface area contributed by atoms with E-state index in [0.717, 1.165) is 11.9 Å². The number of anilines is 1. The molecule has 0 saturated carbocycles. The Morgan fingerprint density at radius 3 is 2.79 bits per heavy atom. The minimum Gasteiger partial charge on any atom is -0.367 e. The monoisotopic (exact) mass is 323 g/mol. The van der Waals surface area contributed by atoms with Crippen molar-refractivity contribution >= 4 is 22.6 Å². The van der Waals surface area contributed by atoms with E-state index in [1.165, 1.54) is 17.1 Å². The van der Waals surface area contributed by atoms with Gasteiger partial charge < -0.3 is 15.6 Å². The molecule has 0 radical (unpaired) electrons. The minimum absolute atomic E-state index is 0.210. The third-order valence-corrected chi connectivity index (χ3v) is 3.68. The number of carbonyl (C=O) groups excluding carboxylic acids is 1. The first-order valence-corrected chi connectivity index (χ1v) is 8.05. The molecule has 0 aliphatic carbocycles. The van der Waals surface area contributed by atoms with Crippen molar-refractivity contribution in [2.45, 2.75) is 26.3 Å². The maximum Gasteiger partial charge on any atom is 0.271 e. The lowest BCUT2D eigenvalue weighted by Crippen LogP contribution is -2.26.